The van der Waals surface area contributed by atoms with E-state index in [1.165, 1.54) is 6.92 Å². The third-order valence-corrected chi connectivity index (χ3v) is 3.58. The fourth-order valence-electron chi connectivity index (χ4n) is 2.42. The Kier molecular flexibility index (Phi) is 6.95. The first-order valence-corrected chi connectivity index (χ1v) is 7.28. The lowest BCUT2D eigenvalue weighted by Crippen LogP contribution is -2.53. The van der Waals surface area contributed by atoms with Gasteiger partial charge in [-0.3, -0.25) is 14.5 Å². The number of amides is 2. The number of ether oxygens (including phenoxy) is 1. The number of carbonyl (C=O) groups is 2. The van der Waals surface area contributed by atoms with E-state index in [0.717, 1.165) is 26.3 Å². The van der Waals surface area contributed by atoms with Gasteiger partial charge in [0.15, 0.2) is 0 Å². The van der Waals surface area contributed by atoms with E-state index >= 15 is 0 Å². The van der Waals surface area contributed by atoms with E-state index in [4.69, 9.17) is 4.74 Å². The molecule has 0 aromatic heterocycles. The van der Waals surface area contributed by atoms with Crippen LogP contribution >= 0.6 is 0 Å². The summed E-state index contributed by atoms with van der Waals surface area (Å²) in [4.78, 5) is 25.2. The summed E-state index contributed by atoms with van der Waals surface area (Å²) in [5.41, 5.74) is 0. The van der Waals surface area contributed by atoms with Crippen LogP contribution in [0.1, 0.15) is 27.7 Å². The molecule has 1 aliphatic rings. The molecule has 1 rings (SSSR count). The smallest absolute Gasteiger partial charge is 0.242 e. The summed E-state index contributed by atoms with van der Waals surface area (Å²) in [6, 6.07) is -0.197. The van der Waals surface area contributed by atoms with Gasteiger partial charge in [-0.15, -0.1) is 0 Å². The van der Waals surface area contributed by atoms with Gasteiger partial charge in [0.25, 0.3) is 0 Å². The summed E-state index contributed by atoms with van der Waals surface area (Å²) in [5.74, 6) is 0.116. The first kappa shape index (κ1) is 16.9. The van der Waals surface area contributed by atoms with E-state index in [9.17, 15) is 9.59 Å². The molecule has 2 amide bonds. The fraction of sp³-hybridized carbons (Fsp3) is 0.857. The molecule has 6 heteroatoms. The molecule has 0 saturated carbocycles. The minimum absolute atomic E-state index is 0.140. The molecule has 2 N–H and O–H groups in total. The molecular weight excluding hydrogens is 258 g/mol. The van der Waals surface area contributed by atoms with Crippen LogP contribution in [0.25, 0.3) is 0 Å². The van der Waals surface area contributed by atoms with E-state index in [0.29, 0.717) is 18.5 Å². The van der Waals surface area contributed by atoms with Crippen LogP contribution in [0.2, 0.25) is 0 Å². The third-order valence-electron chi connectivity index (χ3n) is 3.58. The van der Waals surface area contributed by atoms with Crippen molar-refractivity contribution in [3.05, 3.63) is 0 Å². The lowest BCUT2D eigenvalue weighted by Gasteiger charge is -2.37. The Bertz CT molecular complexity index is 328. The second-order valence-corrected chi connectivity index (χ2v) is 5.63. The van der Waals surface area contributed by atoms with Crippen LogP contribution in [0.5, 0.6) is 0 Å². The first-order chi connectivity index (χ1) is 9.41. The molecule has 116 valence electrons. The second-order valence-electron chi connectivity index (χ2n) is 5.63. The zero-order valence-corrected chi connectivity index (χ0v) is 12.9. The molecule has 0 aliphatic carbocycles. The van der Waals surface area contributed by atoms with Crippen molar-refractivity contribution in [3.63, 3.8) is 0 Å². The minimum atomic E-state index is -0.495. The largest absolute Gasteiger partial charge is 0.379 e. The van der Waals surface area contributed by atoms with Gasteiger partial charge in [-0.2, -0.15) is 0 Å². The van der Waals surface area contributed by atoms with Gasteiger partial charge < -0.3 is 15.4 Å². The number of hydrogen-bond donors (Lipinski definition) is 2. The van der Waals surface area contributed by atoms with E-state index in [1.807, 2.05) is 0 Å². The molecule has 1 saturated heterocycles. The van der Waals surface area contributed by atoms with Crippen molar-refractivity contribution < 1.29 is 14.3 Å². The number of morpholine rings is 1. The maximum absolute atomic E-state index is 11.9. The zero-order chi connectivity index (χ0) is 15.1. The molecule has 0 aromatic rings. The molecule has 6 nitrogen and oxygen atoms in total. The summed E-state index contributed by atoms with van der Waals surface area (Å²) in [6.45, 7) is 11.3. The van der Waals surface area contributed by atoms with Crippen LogP contribution in [0.4, 0.5) is 0 Å². The maximum Gasteiger partial charge on any atom is 0.242 e. The van der Waals surface area contributed by atoms with Gasteiger partial charge in [0.05, 0.1) is 13.2 Å². The number of nitrogens with one attached hydrogen (secondary N) is 2. The van der Waals surface area contributed by atoms with Crippen LogP contribution in [-0.4, -0.2) is 61.6 Å². The summed E-state index contributed by atoms with van der Waals surface area (Å²) in [5, 5.41) is 5.52. The van der Waals surface area contributed by atoms with Crippen molar-refractivity contribution in [2.75, 3.05) is 32.8 Å². The van der Waals surface area contributed by atoms with E-state index in [-0.39, 0.29) is 11.8 Å². The monoisotopic (exact) mass is 285 g/mol. The first-order valence-electron chi connectivity index (χ1n) is 7.28. The second kappa shape index (κ2) is 8.21. The summed E-state index contributed by atoms with van der Waals surface area (Å²) < 4.78 is 5.36. The summed E-state index contributed by atoms with van der Waals surface area (Å²) >= 11 is 0. The summed E-state index contributed by atoms with van der Waals surface area (Å²) in [6.07, 6.45) is 0. The van der Waals surface area contributed by atoms with Gasteiger partial charge in [0, 0.05) is 32.6 Å². The maximum atomic E-state index is 11.9. The van der Waals surface area contributed by atoms with E-state index < -0.39 is 6.04 Å². The van der Waals surface area contributed by atoms with Crippen molar-refractivity contribution in [1.29, 1.82) is 0 Å². The topological polar surface area (TPSA) is 70.7 Å². The Morgan fingerprint density at radius 1 is 1.20 bits per heavy atom. The standard InChI is InChI=1S/C14H27N3O3/c1-10(2)13(17-5-7-20-8-6-17)9-15-14(19)11(3)16-12(4)18/h10-11,13H,5-9H2,1-4H3,(H,15,19)(H,16,18). The van der Waals surface area contributed by atoms with Gasteiger partial charge in [0.2, 0.25) is 11.8 Å². The molecule has 2 atom stereocenters. The minimum Gasteiger partial charge on any atom is -0.379 e. The van der Waals surface area contributed by atoms with Crippen LogP contribution in [-0.2, 0) is 14.3 Å². The van der Waals surface area contributed by atoms with Crippen molar-refractivity contribution in [2.45, 2.75) is 39.8 Å². The van der Waals surface area contributed by atoms with Crippen LogP contribution in [0.3, 0.4) is 0 Å². The normalized spacial score (nSPS) is 19.4. The number of hydrogen-bond acceptors (Lipinski definition) is 4. The number of carbonyl (C=O) groups excluding carboxylic acids is 2. The lowest BCUT2D eigenvalue weighted by molar-refractivity contribution is -0.127. The quantitative estimate of drug-likeness (QED) is 0.720. The molecule has 2 unspecified atom stereocenters. The average molecular weight is 285 g/mol. The van der Waals surface area contributed by atoms with Crippen molar-refractivity contribution >= 4 is 11.8 Å². The predicted molar refractivity (Wildman–Crippen MR) is 77.3 cm³/mol. The fourth-order valence-corrected chi connectivity index (χ4v) is 2.42. The molecule has 20 heavy (non-hydrogen) atoms. The van der Waals surface area contributed by atoms with Gasteiger partial charge in [-0.1, -0.05) is 13.8 Å². The Balaban J connectivity index is 2.45. The molecule has 0 spiro atoms. The van der Waals surface area contributed by atoms with E-state index in [1.54, 1.807) is 6.92 Å². The van der Waals surface area contributed by atoms with Crippen LogP contribution in [0, 0.1) is 5.92 Å². The molecular formula is C14H27N3O3. The highest BCUT2D eigenvalue weighted by Crippen LogP contribution is 2.12. The highest BCUT2D eigenvalue weighted by atomic mass is 16.5. The van der Waals surface area contributed by atoms with Crippen LogP contribution in [0.15, 0.2) is 0 Å². The van der Waals surface area contributed by atoms with Gasteiger partial charge in [-0.05, 0) is 12.8 Å². The predicted octanol–water partition coefficient (Wildman–Crippen LogP) is -0.0160. The van der Waals surface area contributed by atoms with Gasteiger partial charge >= 0.3 is 0 Å². The Morgan fingerprint density at radius 2 is 1.80 bits per heavy atom. The molecule has 0 bridgehead atoms. The average Bonchev–Trinajstić information content (AvgIpc) is 2.38. The lowest BCUT2D eigenvalue weighted by atomic mass is 10.0. The Hall–Kier alpha value is -1.14. The third kappa shape index (κ3) is 5.46. The Morgan fingerprint density at radius 3 is 2.30 bits per heavy atom. The molecule has 0 aromatic carbocycles. The molecule has 1 heterocycles. The highest BCUT2D eigenvalue weighted by molar-refractivity contribution is 5.86. The number of nitrogens with zero attached hydrogens (tertiary/aromatic N) is 1. The Labute approximate surface area is 121 Å². The zero-order valence-electron chi connectivity index (χ0n) is 12.9. The highest BCUT2D eigenvalue weighted by Gasteiger charge is 2.25. The van der Waals surface area contributed by atoms with Crippen LogP contribution < -0.4 is 10.6 Å². The van der Waals surface area contributed by atoms with E-state index in [2.05, 4.69) is 29.4 Å². The van der Waals surface area contributed by atoms with Crippen molar-refractivity contribution in [2.24, 2.45) is 5.92 Å². The van der Waals surface area contributed by atoms with Gasteiger partial charge in [-0.25, -0.2) is 0 Å². The van der Waals surface area contributed by atoms with Crippen molar-refractivity contribution in [1.82, 2.24) is 15.5 Å². The summed E-state index contributed by atoms with van der Waals surface area (Å²) in [7, 11) is 0. The molecule has 1 fully saturated rings. The van der Waals surface area contributed by atoms with Crippen molar-refractivity contribution in [3.8, 4) is 0 Å². The molecule has 0 radical (unpaired) electrons. The van der Waals surface area contributed by atoms with Gasteiger partial charge in [0.1, 0.15) is 6.04 Å². The molecule has 1 aliphatic heterocycles. The number of rotatable bonds is 6. The SMILES string of the molecule is CC(=O)NC(C)C(=O)NCC(C(C)C)N1CCOCC1.